The molecule has 1 saturated heterocycles. The summed E-state index contributed by atoms with van der Waals surface area (Å²) in [5.74, 6) is 0.146. The maximum atomic E-state index is 12.2. The minimum absolute atomic E-state index is 0.0316. The largest absolute Gasteiger partial charge is 0.361 e. The number of fused-ring (bicyclic) bond motifs is 1. The van der Waals surface area contributed by atoms with Crippen LogP contribution in [0.2, 0.25) is 0 Å². The summed E-state index contributed by atoms with van der Waals surface area (Å²) in [5, 5.41) is 6.91. The maximum absolute atomic E-state index is 12.2. The first-order valence-corrected chi connectivity index (χ1v) is 8.16. The number of carbonyl (C=O) groups excluding carboxylic acids is 2. The average Bonchev–Trinajstić information content (AvgIpc) is 2.88. The lowest BCUT2D eigenvalue weighted by Crippen LogP contribution is -2.51. The first kappa shape index (κ1) is 15.6. The third-order valence-corrected chi connectivity index (χ3v) is 4.44. The molecule has 0 aliphatic carbocycles. The van der Waals surface area contributed by atoms with Gasteiger partial charge in [0.2, 0.25) is 11.8 Å². The van der Waals surface area contributed by atoms with Crippen LogP contribution in [-0.2, 0) is 16.0 Å². The van der Waals surface area contributed by atoms with Gasteiger partial charge in [-0.25, -0.2) is 0 Å². The van der Waals surface area contributed by atoms with Crippen LogP contribution in [0.3, 0.4) is 0 Å². The predicted molar refractivity (Wildman–Crippen MR) is 90.1 cm³/mol. The number of amides is 2. The van der Waals surface area contributed by atoms with Gasteiger partial charge in [0.05, 0.1) is 0 Å². The topological polar surface area (TPSA) is 74.0 Å². The number of piperidine rings is 1. The van der Waals surface area contributed by atoms with E-state index in [1.54, 1.807) is 0 Å². The quantitative estimate of drug-likeness (QED) is 0.808. The predicted octanol–water partition coefficient (Wildman–Crippen LogP) is 2.05. The van der Waals surface area contributed by atoms with E-state index < -0.39 is 6.04 Å². The Bertz CT molecular complexity index is 735. The number of rotatable bonds is 4. The Morgan fingerprint density at radius 3 is 3.00 bits per heavy atom. The first-order valence-electron chi connectivity index (χ1n) is 8.16. The highest BCUT2D eigenvalue weighted by molar-refractivity contribution is 5.89. The number of hydrogen-bond donors (Lipinski definition) is 3. The van der Waals surface area contributed by atoms with Crippen molar-refractivity contribution in [1.29, 1.82) is 0 Å². The number of H-pyrrole nitrogens is 1. The zero-order valence-corrected chi connectivity index (χ0v) is 13.6. The maximum Gasteiger partial charge on any atom is 0.242 e. The van der Waals surface area contributed by atoms with E-state index in [0.717, 1.165) is 11.9 Å². The second-order valence-electron chi connectivity index (χ2n) is 6.57. The zero-order chi connectivity index (χ0) is 16.4. The molecular weight excluding hydrogens is 290 g/mol. The fourth-order valence-electron chi connectivity index (χ4n) is 3.24. The van der Waals surface area contributed by atoms with Crippen LogP contribution in [0, 0.1) is 12.8 Å². The lowest BCUT2D eigenvalue weighted by molar-refractivity contribution is -0.132. The van der Waals surface area contributed by atoms with Gasteiger partial charge in [-0.15, -0.1) is 0 Å². The number of aromatic nitrogens is 1. The van der Waals surface area contributed by atoms with Gasteiger partial charge in [-0.2, -0.15) is 0 Å². The summed E-state index contributed by atoms with van der Waals surface area (Å²) in [4.78, 5) is 27.0. The van der Waals surface area contributed by atoms with Gasteiger partial charge in [-0.1, -0.05) is 19.1 Å². The molecule has 5 heteroatoms. The normalized spacial score (nSPS) is 21.2. The van der Waals surface area contributed by atoms with E-state index in [-0.39, 0.29) is 17.7 Å². The van der Waals surface area contributed by atoms with Crippen molar-refractivity contribution in [3.63, 3.8) is 0 Å². The van der Waals surface area contributed by atoms with Gasteiger partial charge in [-0.05, 0) is 42.9 Å². The molecular formula is C18H23N3O2. The minimum Gasteiger partial charge on any atom is -0.361 e. The van der Waals surface area contributed by atoms with E-state index in [9.17, 15) is 9.59 Å². The summed E-state index contributed by atoms with van der Waals surface area (Å²) < 4.78 is 0. The molecule has 122 valence electrons. The SMILES string of the molecule is Cc1ccc2c(CCNC(=O)[C@@H]3C[C@H](C)CC(=O)N3)c[nH]c2c1. The van der Waals surface area contributed by atoms with Gasteiger partial charge in [0.25, 0.3) is 0 Å². The minimum atomic E-state index is -0.392. The van der Waals surface area contributed by atoms with Crippen molar-refractivity contribution in [3.8, 4) is 0 Å². The standard InChI is InChI=1S/C18H23N3O2/c1-11-3-4-14-13(10-20-15(14)7-11)5-6-19-18(23)16-8-12(2)9-17(22)21-16/h3-4,7,10,12,16,20H,5-6,8-9H2,1-2H3,(H,19,23)(H,21,22)/t12-,16-/m0/s1. The van der Waals surface area contributed by atoms with Crippen LogP contribution in [0.5, 0.6) is 0 Å². The monoisotopic (exact) mass is 313 g/mol. The van der Waals surface area contributed by atoms with E-state index in [4.69, 9.17) is 0 Å². The Kier molecular flexibility index (Phi) is 4.37. The summed E-state index contributed by atoms with van der Waals surface area (Å²) >= 11 is 0. The molecule has 0 bridgehead atoms. The van der Waals surface area contributed by atoms with Crippen LogP contribution in [0.25, 0.3) is 10.9 Å². The van der Waals surface area contributed by atoms with Crippen LogP contribution in [-0.4, -0.2) is 29.4 Å². The molecule has 5 nitrogen and oxygen atoms in total. The van der Waals surface area contributed by atoms with Crippen molar-refractivity contribution in [1.82, 2.24) is 15.6 Å². The van der Waals surface area contributed by atoms with Crippen LogP contribution >= 0.6 is 0 Å². The van der Waals surface area contributed by atoms with Crippen LogP contribution in [0.15, 0.2) is 24.4 Å². The number of aromatic amines is 1. The van der Waals surface area contributed by atoms with Gasteiger partial charge in [0.1, 0.15) is 6.04 Å². The van der Waals surface area contributed by atoms with E-state index in [2.05, 4.69) is 40.7 Å². The van der Waals surface area contributed by atoms with Crippen LogP contribution in [0.1, 0.15) is 30.9 Å². The summed E-state index contributed by atoms with van der Waals surface area (Å²) in [7, 11) is 0. The molecule has 1 aromatic carbocycles. The van der Waals surface area contributed by atoms with Crippen molar-refractivity contribution in [2.75, 3.05) is 6.54 Å². The van der Waals surface area contributed by atoms with E-state index in [1.807, 2.05) is 13.1 Å². The number of hydrogen-bond acceptors (Lipinski definition) is 2. The van der Waals surface area contributed by atoms with E-state index >= 15 is 0 Å². The summed E-state index contributed by atoms with van der Waals surface area (Å²) in [6, 6.07) is 5.94. The van der Waals surface area contributed by atoms with Gasteiger partial charge in [0.15, 0.2) is 0 Å². The second kappa shape index (κ2) is 6.44. The van der Waals surface area contributed by atoms with Crippen LogP contribution in [0.4, 0.5) is 0 Å². The highest BCUT2D eigenvalue weighted by atomic mass is 16.2. The van der Waals surface area contributed by atoms with Crippen molar-refractivity contribution >= 4 is 22.7 Å². The highest BCUT2D eigenvalue weighted by Gasteiger charge is 2.28. The van der Waals surface area contributed by atoms with Gasteiger partial charge in [0, 0.05) is 30.1 Å². The van der Waals surface area contributed by atoms with Gasteiger partial charge < -0.3 is 15.6 Å². The van der Waals surface area contributed by atoms with Crippen molar-refractivity contribution in [2.24, 2.45) is 5.92 Å². The van der Waals surface area contributed by atoms with Gasteiger partial charge in [-0.3, -0.25) is 9.59 Å². The molecule has 1 aromatic heterocycles. The molecule has 1 fully saturated rings. The molecule has 23 heavy (non-hydrogen) atoms. The number of aryl methyl sites for hydroxylation is 1. The second-order valence-corrected chi connectivity index (χ2v) is 6.57. The van der Waals surface area contributed by atoms with E-state index in [0.29, 0.717) is 19.4 Å². The average molecular weight is 313 g/mol. The Morgan fingerprint density at radius 2 is 2.22 bits per heavy atom. The first-order chi connectivity index (χ1) is 11.0. The number of nitrogens with one attached hydrogen (secondary N) is 3. The lowest BCUT2D eigenvalue weighted by Gasteiger charge is -2.26. The van der Waals surface area contributed by atoms with Crippen molar-refractivity contribution in [2.45, 2.75) is 39.2 Å². The molecule has 2 amide bonds. The van der Waals surface area contributed by atoms with E-state index in [1.165, 1.54) is 16.5 Å². The molecule has 0 radical (unpaired) electrons. The molecule has 0 spiro atoms. The number of benzene rings is 1. The molecule has 3 rings (SSSR count). The fourth-order valence-corrected chi connectivity index (χ4v) is 3.24. The third kappa shape index (κ3) is 3.55. The Labute approximate surface area is 135 Å². The molecule has 1 aliphatic rings. The summed E-state index contributed by atoms with van der Waals surface area (Å²) in [5.41, 5.74) is 3.54. The summed E-state index contributed by atoms with van der Waals surface area (Å²) in [6.45, 7) is 4.65. The summed E-state index contributed by atoms with van der Waals surface area (Å²) in [6.07, 6.45) is 3.99. The molecule has 3 N–H and O–H groups in total. The smallest absolute Gasteiger partial charge is 0.242 e. The Balaban J connectivity index is 1.56. The Hall–Kier alpha value is -2.30. The molecule has 2 heterocycles. The Morgan fingerprint density at radius 1 is 1.39 bits per heavy atom. The van der Waals surface area contributed by atoms with Gasteiger partial charge >= 0.3 is 0 Å². The lowest BCUT2D eigenvalue weighted by atomic mass is 9.93. The highest BCUT2D eigenvalue weighted by Crippen LogP contribution is 2.20. The van der Waals surface area contributed by atoms with Crippen LogP contribution < -0.4 is 10.6 Å². The molecule has 2 atom stereocenters. The van der Waals surface area contributed by atoms with Crippen molar-refractivity contribution < 1.29 is 9.59 Å². The molecule has 0 unspecified atom stereocenters. The number of carbonyl (C=O) groups is 2. The molecule has 1 aliphatic heterocycles. The van der Waals surface area contributed by atoms with Crippen molar-refractivity contribution in [3.05, 3.63) is 35.5 Å². The fraction of sp³-hybridized carbons (Fsp3) is 0.444. The zero-order valence-electron chi connectivity index (χ0n) is 13.6. The molecule has 2 aromatic rings. The third-order valence-electron chi connectivity index (χ3n) is 4.44. The molecule has 0 saturated carbocycles.